The van der Waals surface area contributed by atoms with E-state index >= 15 is 0 Å². The van der Waals surface area contributed by atoms with Gasteiger partial charge in [0.1, 0.15) is 12.4 Å². The van der Waals surface area contributed by atoms with E-state index in [0.717, 1.165) is 24.4 Å². The largest absolute Gasteiger partial charge is 0.375 e. The Balaban J connectivity index is 1.99. The highest BCUT2D eigenvalue weighted by atomic mass is 16.5. The molecule has 0 bridgehead atoms. The molecule has 1 aromatic rings. The molecule has 6 nitrogen and oxygen atoms in total. The first-order valence-electron chi connectivity index (χ1n) is 6.44. The fraction of sp³-hybridized carbons (Fsp3) is 0.615. The summed E-state index contributed by atoms with van der Waals surface area (Å²) in [7, 11) is 1.52. The summed E-state index contributed by atoms with van der Waals surface area (Å²) in [6.45, 7) is 3.31. The molecule has 1 aliphatic heterocycles. The highest BCUT2D eigenvalue weighted by Crippen LogP contribution is 2.24. The molecule has 104 valence electrons. The van der Waals surface area contributed by atoms with Crippen LogP contribution in [0.5, 0.6) is 0 Å². The van der Waals surface area contributed by atoms with Crippen molar-refractivity contribution in [1.29, 1.82) is 0 Å². The molecule has 1 aliphatic rings. The number of methoxy groups -OCH3 is 1. The summed E-state index contributed by atoms with van der Waals surface area (Å²) in [6, 6.07) is 1.49. The van der Waals surface area contributed by atoms with Crippen molar-refractivity contribution in [3.8, 4) is 0 Å². The first-order chi connectivity index (χ1) is 9.10. The van der Waals surface area contributed by atoms with Crippen LogP contribution in [0.1, 0.15) is 30.3 Å². The number of aryl methyl sites for hydroxylation is 1. The zero-order valence-corrected chi connectivity index (χ0v) is 11.3. The number of hydrogen-bond acceptors (Lipinski definition) is 4. The van der Waals surface area contributed by atoms with Crippen LogP contribution in [0.25, 0.3) is 0 Å². The van der Waals surface area contributed by atoms with E-state index in [4.69, 9.17) is 4.74 Å². The van der Waals surface area contributed by atoms with Gasteiger partial charge in [0.15, 0.2) is 0 Å². The highest BCUT2D eigenvalue weighted by molar-refractivity contribution is 5.77. The fourth-order valence-corrected chi connectivity index (χ4v) is 2.41. The molecule has 0 spiro atoms. The highest BCUT2D eigenvalue weighted by Gasteiger charge is 2.25. The number of aromatic amines is 1. The molecule has 1 aromatic heterocycles. The van der Waals surface area contributed by atoms with Crippen molar-refractivity contribution < 1.29 is 9.53 Å². The van der Waals surface area contributed by atoms with Crippen molar-refractivity contribution >= 4 is 5.91 Å². The van der Waals surface area contributed by atoms with Crippen LogP contribution in [0.4, 0.5) is 0 Å². The number of H-pyrrole nitrogens is 1. The third kappa shape index (κ3) is 3.41. The molecular formula is C13H19N3O3. The average Bonchev–Trinajstić information content (AvgIpc) is 2.38. The standard InChI is InChI=1S/C13H19N3O3/c1-9-7-11(17)15-13(14-9)10-3-5-16(6-4-10)12(18)8-19-2/h7,10H,3-6,8H2,1-2H3,(H,14,15,17). The number of likely N-dealkylation sites (tertiary alicyclic amines) is 1. The average molecular weight is 265 g/mol. The normalized spacial score (nSPS) is 16.6. The molecule has 1 saturated heterocycles. The Kier molecular flexibility index (Phi) is 4.31. The zero-order chi connectivity index (χ0) is 13.8. The van der Waals surface area contributed by atoms with E-state index in [1.54, 1.807) is 4.90 Å². The van der Waals surface area contributed by atoms with Crippen LogP contribution in [0.15, 0.2) is 10.9 Å². The molecule has 19 heavy (non-hydrogen) atoms. The van der Waals surface area contributed by atoms with E-state index in [9.17, 15) is 9.59 Å². The fourth-order valence-electron chi connectivity index (χ4n) is 2.41. The maximum Gasteiger partial charge on any atom is 0.251 e. The Bertz CT molecular complexity index is 504. The molecule has 0 saturated carbocycles. The summed E-state index contributed by atoms with van der Waals surface area (Å²) < 4.78 is 4.85. The van der Waals surface area contributed by atoms with Gasteiger partial charge < -0.3 is 14.6 Å². The number of hydrogen-bond donors (Lipinski definition) is 1. The molecule has 2 rings (SSSR count). The Morgan fingerprint density at radius 2 is 2.21 bits per heavy atom. The number of amides is 1. The summed E-state index contributed by atoms with van der Waals surface area (Å²) >= 11 is 0. The Morgan fingerprint density at radius 3 is 2.79 bits per heavy atom. The number of piperidine rings is 1. The lowest BCUT2D eigenvalue weighted by atomic mass is 9.96. The number of nitrogens with zero attached hydrogens (tertiary/aromatic N) is 2. The van der Waals surface area contributed by atoms with Crippen molar-refractivity contribution in [1.82, 2.24) is 14.9 Å². The van der Waals surface area contributed by atoms with E-state index in [2.05, 4.69) is 9.97 Å². The maximum atomic E-state index is 11.7. The molecule has 2 heterocycles. The zero-order valence-electron chi connectivity index (χ0n) is 11.3. The second kappa shape index (κ2) is 5.97. The van der Waals surface area contributed by atoms with Gasteiger partial charge in [-0.1, -0.05) is 0 Å². The quantitative estimate of drug-likeness (QED) is 0.860. The van der Waals surface area contributed by atoms with Gasteiger partial charge in [-0.15, -0.1) is 0 Å². The van der Waals surface area contributed by atoms with Crippen LogP contribution in [0.2, 0.25) is 0 Å². The molecule has 0 atom stereocenters. The number of carbonyl (C=O) groups excluding carboxylic acids is 1. The molecule has 0 aromatic carbocycles. The molecule has 6 heteroatoms. The summed E-state index contributed by atoms with van der Waals surface area (Å²) in [5, 5.41) is 0. The third-order valence-corrected chi connectivity index (χ3v) is 3.39. The van der Waals surface area contributed by atoms with E-state index in [0.29, 0.717) is 13.1 Å². The summed E-state index contributed by atoms with van der Waals surface area (Å²) in [5.41, 5.74) is 0.622. The van der Waals surface area contributed by atoms with Gasteiger partial charge in [-0.3, -0.25) is 9.59 Å². The topological polar surface area (TPSA) is 75.3 Å². The van der Waals surface area contributed by atoms with Gasteiger partial charge in [-0.05, 0) is 19.8 Å². The second-order valence-electron chi connectivity index (χ2n) is 4.86. The van der Waals surface area contributed by atoms with Crippen molar-refractivity contribution in [3.05, 3.63) is 27.9 Å². The van der Waals surface area contributed by atoms with Crippen molar-refractivity contribution in [2.75, 3.05) is 26.8 Å². The molecule has 0 unspecified atom stereocenters. The monoisotopic (exact) mass is 265 g/mol. The van der Waals surface area contributed by atoms with Crippen LogP contribution in [0, 0.1) is 6.92 Å². The number of aromatic nitrogens is 2. The van der Waals surface area contributed by atoms with Gasteiger partial charge in [0.25, 0.3) is 5.56 Å². The Labute approximate surface area is 111 Å². The molecule has 0 radical (unpaired) electrons. The molecule has 1 fully saturated rings. The van der Waals surface area contributed by atoms with Crippen LogP contribution < -0.4 is 5.56 Å². The second-order valence-corrected chi connectivity index (χ2v) is 4.86. The number of rotatable bonds is 3. The first-order valence-corrected chi connectivity index (χ1v) is 6.44. The van der Waals surface area contributed by atoms with Gasteiger partial charge in [-0.2, -0.15) is 0 Å². The SMILES string of the molecule is COCC(=O)N1CCC(c2nc(C)cc(=O)[nH]2)CC1. The van der Waals surface area contributed by atoms with Gasteiger partial charge in [0, 0.05) is 37.9 Å². The summed E-state index contributed by atoms with van der Waals surface area (Å²) in [5.74, 6) is 0.981. The van der Waals surface area contributed by atoms with Crippen LogP contribution in [-0.2, 0) is 9.53 Å². The number of carbonyl (C=O) groups is 1. The predicted octanol–water partition coefficient (Wildman–Crippen LogP) is 0.431. The molecule has 0 aliphatic carbocycles. The predicted molar refractivity (Wildman–Crippen MR) is 70.0 cm³/mol. The van der Waals surface area contributed by atoms with Gasteiger partial charge >= 0.3 is 0 Å². The van der Waals surface area contributed by atoms with Crippen LogP contribution in [-0.4, -0.2) is 47.6 Å². The molecular weight excluding hydrogens is 246 g/mol. The molecule has 1 amide bonds. The van der Waals surface area contributed by atoms with E-state index in [1.807, 2.05) is 6.92 Å². The number of ether oxygens (including phenoxy) is 1. The van der Waals surface area contributed by atoms with Crippen LogP contribution >= 0.6 is 0 Å². The van der Waals surface area contributed by atoms with Crippen LogP contribution in [0.3, 0.4) is 0 Å². The van der Waals surface area contributed by atoms with Gasteiger partial charge in [0.05, 0.1) is 0 Å². The minimum Gasteiger partial charge on any atom is -0.375 e. The van der Waals surface area contributed by atoms with E-state index in [1.165, 1.54) is 13.2 Å². The lowest BCUT2D eigenvalue weighted by Crippen LogP contribution is -2.40. The molecule has 1 N–H and O–H groups in total. The smallest absolute Gasteiger partial charge is 0.251 e. The Morgan fingerprint density at radius 1 is 1.53 bits per heavy atom. The Hall–Kier alpha value is -1.69. The van der Waals surface area contributed by atoms with E-state index in [-0.39, 0.29) is 24.0 Å². The third-order valence-electron chi connectivity index (χ3n) is 3.39. The minimum absolute atomic E-state index is 0.0200. The summed E-state index contributed by atoms with van der Waals surface area (Å²) in [4.78, 5) is 32.1. The first kappa shape index (κ1) is 13.7. The maximum absolute atomic E-state index is 11.7. The van der Waals surface area contributed by atoms with E-state index < -0.39 is 0 Å². The van der Waals surface area contributed by atoms with Crippen molar-refractivity contribution in [2.24, 2.45) is 0 Å². The number of nitrogens with one attached hydrogen (secondary N) is 1. The van der Waals surface area contributed by atoms with Crippen molar-refractivity contribution in [3.63, 3.8) is 0 Å². The lowest BCUT2D eigenvalue weighted by Gasteiger charge is -2.31. The summed E-state index contributed by atoms with van der Waals surface area (Å²) in [6.07, 6.45) is 1.64. The van der Waals surface area contributed by atoms with Gasteiger partial charge in [-0.25, -0.2) is 4.98 Å². The van der Waals surface area contributed by atoms with Gasteiger partial charge in [0.2, 0.25) is 5.91 Å². The lowest BCUT2D eigenvalue weighted by molar-refractivity contribution is -0.136. The minimum atomic E-state index is -0.111. The van der Waals surface area contributed by atoms with Crippen molar-refractivity contribution in [2.45, 2.75) is 25.7 Å².